The zero-order valence-electron chi connectivity index (χ0n) is 10.4. The number of nitrogen functional groups attached to an aromatic ring is 1. The van der Waals surface area contributed by atoms with Crippen molar-refractivity contribution in [2.75, 3.05) is 5.73 Å². The first-order valence-corrected chi connectivity index (χ1v) is 5.85. The first-order chi connectivity index (χ1) is 9.22. The van der Waals surface area contributed by atoms with Gasteiger partial charge in [0, 0.05) is 17.6 Å². The highest BCUT2D eigenvalue weighted by atomic mass is 16.5. The lowest BCUT2D eigenvalue weighted by Crippen LogP contribution is -1.98. The first kappa shape index (κ1) is 11.4. The van der Waals surface area contributed by atoms with Gasteiger partial charge in [-0.15, -0.1) is 0 Å². The Balaban J connectivity index is 2.05. The summed E-state index contributed by atoms with van der Waals surface area (Å²) in [6.45, 7) is 1.77. The molecule has 1 aromatic carbocycles. The second-order valence-corrected chi connectivity index (χ2v) is 4.11. The van der Waals surface area contributed by atoms with Gasteiger partial charge in [-0.1, -0.05) is 6.07 Å². The van der Waals surface area contributed by atoms with Crippen molar-refractivity contribution in [1.82, 2.24) is 15.0 Å². The van der Waals surface area contributed by atoms with Crippen LogP contribution in [0.2, 0.25) is 0 Å². The van der Waals surface area contributed by atoms with Crippen molar-refractivity contribution in [2.45, 2.75) is 6.92 Å². The number of benzene rings is 1. The summed E-state index contributed by atoms with van der Waals surface area (Å²) in [6, 6.07) is 11.1. The molecule has 0 radical (unpaired) electrons. The van der Waals surface area contributed by atoms with Crippen LogP contribution >= 0.6 is 0 Å². The summed E-state index contributed by atoms with van der Waals surface area (Å²) in [7, 11) is 0. The van der Waals surface area contributed by atoms with E-state index in [0.29, 0.717) is 23.3 Å². The van der Waals surface area contributed by atoms with Crippen molar-refractivity contribution < 1.29 is 4.74 Å². The molecule has 19 heavy (non-hydrogen) atoms. The second-order valence-electron chi connectivity index (χ2n) is 4.11. The van der Waals surface area contributed by atoms with E-state index < -0.39 is 0 Å². The SMILES string of the molecule is Cc1nc(N)cc(Oc2cccc3ncccc23)n1. The smallest absolute Gasteiger partial charge is 0.224 e. The van der Waals surface area contributed by atoms with Crippen molar-refractivity contribution >= 4 is 16.7 Å². The van der Waals surface area contributed by atoms with Gasteiger partial charge < -0.3 is 10.5 Å². The summed E-state index contributed by atoms with van der Waals surface area (Å²) < 4.78 is 5.78. The van der Waals surface area contributed by atoms with Gasteiger partial charge in [0.1, 0.15) is 17.4 Å². The molecule has 0 bridgehead atoms. The quantitative estimate of drug-likeness (QED) is 0.759. The molecule has 0 aliphatic rings. The maximum absolute atomic E-state index is 5.78. The van der Waals surface area contributed by atoms with Crippen LogP contribution in [0.3, 0.4) is 0 Å². The number of nitrogens with two attached hydrogens (primary N) is 1. The number of ether oxygens (including phenoxy) is 1. The monoisotopic (exact) mass is 252 g/mol. The van der Waals surface area contributed by atoms with Crippen molar-refractivity contribution in [3.63, 3.8) is 0 Å². The van der Waals surface area contributed by atoms with Crippen molar-refractivity contribution in [2.24, 2.45) is 0 Å². The zero-order valence-corrected chi connectivity index (χ0v) is 10.4. The van der Waals surface area contributed by atoms with Gasteiger partial charge in [-0.25, -0.2) is 4.98 Å². The van der Waals surface area contributed by atoms with E-state index >= 15 is 0 Å². The molecule has 5 nitrogen and oxygen atoms in total. The average Bonchev–Trinajstić information content (AvgIpc) is 2.38. The van der Waals surface area contributed by atoms with Gasteiger partial charge in [0.15, 0.2) is 0 Å². The number of nitrogens with zero attached hydrogens (tertiary/aromatic N) is 3. The number of aromatic nitrogens is 3. The summed E-state index contributed by atoms with van der Waals surface area (Å²) in [6.07, 6.45) is 1.75. The minimum absolute atomic E-state index is 0.390. The van der Waals surface area contributed by atoms with Gasteiger partial charge in [-0.2, -0.15) is 4.98 Å². The van der Waals surface area contributed by atoms with Crippen LogP contribution in [0.5, 0.6) is 11.6 Å². The Labute approximate surface area is 110 Å². The minimum Gasteiger partial charge on any atom is -0.438 e. The second kappa shape index (κ2) is 4.53. The number of pyridine rings is 1. The lowest BCUT2D eigenvalue weighted by molar-refractivity contribution is 0.465. The fourth-order valence-electron chi connectivity index (χ4n) is 1.89. The Morgan fingerprint density at radius 2 is 2.00 bits per heavy atom. The van der Waals surface area contributed by atoms with E-state index in [2.05, 4.69) is 15.0 Å². The molecule has 2 N–H and O–H groups in total. The summed E-state index contributed by atoms with van der Waals surface area (Å²) in [5.41, 5.74) is 6.56. The Hall–Kier alpha value is -2.69. The third kappa shape index (κ3) is 2.30. The van der Waals surface area contributed by atoms with Gasteiger partial charge in [0.05, 0.1) is 5.52 Å². The number of rotatable bonds is 2. The number of aryl methyl sites for hydroxylation is 1. The Morgan fingerprint density at radius 1 is 1.11 bits per heavy atom. The minimum atomic E-state index is 0.390. The third-order valence-electron chi connectivity index (χ3n) is 2.65. The maximum atomic E-state index is 5.78. The van der Waals surface area contributed by atoms with E-state index in [0.717, 1.165) is 10.9 Å². The molecule has 0 fully saturated rings. The topological polar surface area (TPSA) is 73.9 Å². The summed E-state index contributed by atoms with van der Waals surface area (Å²) >= 11 is 0. The lowest BCUT2D eigenvalue weighted by Gasteiger charge is -2.08. The predicted molar refractivity (Wildman–Crippen MR) is 73.0 cm³/mol. The van der Waals surface area contributed by atoms with Crippen LogP contribution in [0, 0.1) is 6.92 Å². The number of anilines is 1. The molecule has 0 saturated heterocycles. The normalized spacial score (nSPS) is 10.6. The highest BCUT2D eigenvalue weighted by Crippen LogP contribution is 2.28. The molecule has 2 aromatic heterocycles. The summed E-state index contributed by atoms with van der Waals surface area (Å²) in [4.78, 5) is 12.5. The molecule has 0 spiro atoms. The molecule has 5 heteroatoms. The highest BCUT2D eigenvalue weighted by molar-refractivity contribution is 5.85. The Kier molecular flexibility index (Phi) is 2.72. The molecule has 0 atom stereocenters. The van der Waals surface area contributed by atoms with E-state index in [1.807, 2.05) is 30.3 Å². The molecular formula is C14H12N4O. The van der Waals surface area contributed by atoms with Gasteiger partial charge in [0.2, 0.25) is 5.88 Å². The van der Waals surface area contributed by atoms with E-state index in [-0.39, 0.29) is 0 Å². The average molecular weight is 252 g/mol. The third-order valence-corrected chi connectivity index (χ3v) is 2.65. The van der Waals surface area contributed by atoms with Gasteiger partial charge in [-0.05, 0) is 31.2 Å². The molecule has 0 aliphatic heterocycles. The fraction of sp³-hybridized carbons (Fsp3) is 0.0714. The highest BCUT2D eigenvalue weighted by Gasteiger charge is 2.06. The summed E-state index contributed by atoms with van der Waals surface area (Å²) in [5, 5.41) is 0.930. The molecule has 94 valence electrons. The molecular weight excluding hydrogens is 240 g/mol. The van der Waals surface area contributed by atoms with Gasteiger partial charge >= 0.3 is 0 Å². The van der Waals surface area contributed by atoms with Gasteiger partial charge in [0.25, 0.3) is 0 Å². The van der Waals surface area contributed by atoms with E-state index in [4.69, 9.17) is 10.5 Å². The molecule has 0 amide bonds. The van der Waals surface area contributed by atoms with Crippen LogP contribution in [0.15, 0.2) is 42.6 Å². The van der Waals surface area contributed by atoms with Crippen molar-refractivity contribution in [3.8, 4) is 11.6 Å². The zero-order chi connectivity index (χ0) is 13.2. The van der Waals surface area contributed by atoms with Crippen LogP contribution in [-0.2, 0) is 0 Å². The number of fused-ring (bicyclic) bond motifs is 1. The maximum Gasteiger partial charge on any atom is 0.224 e. The van der Waals surface area contributed by atoms with Crippen LogP contribution in [0.25, 0.3) is 10.9 Å². The van der Waals surface area contributed by atoms with Crippen LogP contribution in [0.4, 0.5) is 5.82 Å². The Bertz CT molecular complexity index is 717. The molecule has 0 aliphatic carbocycles. The van der Waals surface area contributed by atoms with Crippen LogP contribution in [-0.4, -0.2) is 15.0 Å². The number of hydrogen-bond acceptors (Lipinski definition) is 5. The molecule has 3 aromatic rings. The van der Waals surface area contributed by atoms with E-state index in [9.17, 15) is 0 Å². The fourth-order valence-corrected chi connectivity index (χ4v) is 1.89. The lowest BCUT2D eigenvalue weighted by atomic mass is 10.2. The molecule has 0 saturated carbocycles. The standard InChI is InChI=1S/C14H12N4O/c1-9-17-13(15)8-14(18-9)19-12-6-2-5-11-10(12)4-3-7-16-11/h2-8H,1H3,(H2,15,17,18). The predicted octanol–water partition coefficient (Wildman–Crippen LogP) is 2.71. The van der Waals surface area contributed by atoms with Gasteiger partial charge in [-0.3, -0.25) is 4.98 Å². The van der Waals surface area contributed by atoms with Crippen LogP contribution in [0.1, 0.15) is 5.82 Å². The van der Waals surface area contributed by atoms with E-state index in [1.165, 1.54) is 0 Å². The largest absolute Gasteiger partial charge is 0.438 e. The van der Waals surface area contributed by atoms with E-state index in [1.54, 1.807) is 19.2 Å². The number of hydrogen-bond donors (Lipinski definition) is 1. The first-order valence-electron chi connectivity index (χ1n) is 5.85. The molecule has 2 heterocycles. The summed E-state index contributed by atoms with van der Waals surface area (Å²) in [5.74, 6) is 2.10. The van der Waals surface area contributed by atoms with Crippen molar-refractivity contribution in [1.29, 1.82) is 0 Å². The van der Waals surface area contributed by atoms with Crippen molar-refractivity contribution in [3.05, 3.63) is 48.4 Å². The van der Waals surface area contributed by atoms with Crippen LogP contribution < -0.4 is 10.5 Å². The molecule has 0 unspecified atom stereocenters. The Morgan fingerprint density at radius 3 is 2.84 bits per heavy atom. The molecule has 3 rings (SSSR count).